The zero-order valence-corrected chi connectivity index (χ0v) is 36.2. The third kappa shape index (κ3) is 10.2. The first-order valence-corrected chi connectivity index (χ1v) is 22.3. The molecule has 0 nitrogen and oxygen atoms in total. The number of benzene rings is 2. The second-order valence-electron chi connectivity index (χ2n) is 20.3. The first-order chi connectivity index (χ1) is 20.6. The van der Waals surface area contributed by atoms with Crippen LogP contribution in [-0.4, -0.2) is 12.3 Å². The van der Waals surface area contributed by atoms with Crippen molar-refractivity contribution in [2.75, 3.05) is 12.3 Å². The highest BCUT2D eigenvalue weighted by atomic mass is 32.1. The fourth-order valence-electron chi connectivity index (χ4n) is 6.30. The molecule has 0 bridgehead atoms. The molecule has 0 radical (unpaired) electrons. The first-order valence-electron chi connectivity index (χ1n) is 18.5. The number of hydrogen-bond donors (Lipinski definition) is 0. The highest BCUT2D eigenvalue weighted by Crippen LogP contribution is 2.71. The van der Waals surface area contributed by atoms with Crippen LogP contribution in [0, 0.1) is 0 Å². The van der Waals surface area contributed by atoms with Gasteiger partial charge in [-0.1, -0.05) is 176 Å². The summed E-state index contributed by atoms with van der Waals surface area (Å²) >= 11 is 0. The van der Waals surface area contributed by atoms with Crippen molar-refractivity contribution in [3.05, 3.63) is 57.6 Å². The van der Waals surface area contributed by atoms with Crippen LogP contribution >= 0.6 is 15.2 Å². The van der Waals surface area contributed by atoms with Crippen LogP contribution in [0.25, 0.3) is 0 Å². The summed E-state index contributed by atoms with van der Waals surface area (Å²) in [6.45, 7) is 48.9. The van der Waals surface area contributed by atoms with Crippen molar-refractivity contribution >= 4 is 25.8 Å². The van der Waals surface area contributed by atoms with Gasteiger partial charge in [0, 0.05) is 0 Å². The molecular weight excluding hydrogens is 590 g/mol. The summed E-state index contributed by atoms with van der Waals surface area (Å²) in [5, 5.41) is 3.52. The normalized spacial score (nSPS) is 15.3. The molecule has 0 N–H and O–H groups in total. The molecule has 2 rings (SSSR count). The predicted octanol–water partition coefficient (Wildman–Crippen LogP) is 13.9. The standard InChI is InChI=1S/C44H76P2/c1-21-23-25-45(37-33(41(9,10)11)27-31(39(3,4)5)28-34(37)42(12,13)14)46(26-24-22-2)38-35(43(15,16)17)29-32(40(6,7)8)30-36(38)44(18,19)20/h27-30H,21-26H2,1-20H3. The van der Waals surface area contributed by atoms with Gasteiger partial charge in [0.15, 0.2) is 0 Å². The largest absolute Gasteiger partial charge is 0.0654 e. The van der Waals surface area contributed by atoms with E-state index in [2.05, 4.69) is 163 Å². The zero-order valence-electron chi connectivity index (χ0n) is 34.4. The zero-order chi connectivity index (χ0) is 35.8. The molecular formula is C44H76P2. The lowest BCUT2D eigenvalue weighted by molar-refractivity contribution is 0.552. The van der Waals surface area contributed by atoms with Gasteiger partial charge in [-0.15, -0.1) is 0 Å². The monoisotopic (exact) mass is 667 g/mol. The van der Waals surface area contributed by atoms with Crippen LogP contribution in [0.5, 0.6) is 0 Å². The maximum absolute atomic E-state index is 2.65. The van der Waals surface area contributed by atoms with Crippen molar-refractivity contribution < 1.29 is 0 Å². The van der Waals surface area contributed by atoms with Crippen LogP contribution in [0.3, 0.4) is 0 Å². The van der Waals surface area contributed by atoms with Gasteiger partial charge in [-0.25, -0.2) is 0 Å². The average molecular weight is 667 g/mol. The summed E-state index contributed by atoms with van der Waals surface area (Å²) in [4.78, 5) is 0. The third-order valence-electron chi connectivity index (χ3n) is 9.44. The number of rotatable bonds is 9. The molecule has 2 unspecified atom stereocenters. The SMILES string of the molecule is CCCCP(c1c(C(C)(C)C)cc(C(C)(C)C)cc1C(C)(C)C)P(CCCC)c1c(C(C)(C)C)cc(C(C)(C)C)cc1C(C)(C)C. The molecule has 0 aromatic heterocycles. The summed E-state index contributed by atoms with van der Waals surface area (Å²) in [6, 6.07) is 10.6. The Labute approximate surface area is 291 Å². The van der Waals surface area contributed by atoms with E-state index in [1.807, 2.05) is 0 Å². The van der Waals surface area contributed by atoms with Crippen LogP contribution in [0.1, 0.15) is 198 Å². The lowest BCUT2D eigenvalue weighted by Crippen LogP contribution is -2.35. The summed E-state index contributed by atoms with van der Waals surface area (Å²) in [6.07, 6.45) is 7.79. The van der Waals surface area contributed by atoms with E-state index in [1.165, 1.54) is 49.1 Å². The molecule has 0 heterocycles. The molecule has 0 saturated heterocycles. The smallest absolute Gasteiger partial charge is 0.0119 e. The fourth-order valence-corrected chi connectivity index (χ4v) is 16.7. The van der Waals surface area contributed by atoms with E-state index in [9.17, 15) is 0 Å². The molecule has 0 spiro atoms. The van der Waals surface area contributed by atoms with E-state index in [-0.39, 0.29) is 32.5 Å². The minimum atomic E-state index is -0.431. The second-order valence-corrected chi connectivity index (χ2v) is 26.6. The van der Waals surface area contributed by atoms with Gasteiger partial charge in [-0.2, -0.15) is 0 Å². The van der Waals surface area contributed by atoms with Crippen molar-refractivity contribution in [3.63, 3.8) is 0 Å². The van der Waals surface area contributed by atoms with Crippen LogP contribution < -0.4 is 10.6 Å². The van der Waals surface area contributed by atoms with Crippen LogP contribution in [0.15, 0.2) is 24.3 Å². The average Bonchev–Trinajstić information content (AvgIpc) is 2.86. The van der Waals surface area contributed by atoms with Gasteiger partial charge in [0.25, 0.3) is 0 Å². The molecule has 0 amide bonds. The Kier molecular flexibility index (Phi) is 13.2. The minimum Gasteiger partial charge on any atom is -0.0654 e. The molecule has 2 heteroatoms. The maximum atomic E-state index is 2.65. The Morgan fingerprint density at radius 2 is 0.587 bits per heavy atom. The van der Waals surface area contributed by atoms with Gasteiger partial charge in [-0.05, 0) is 117 Å². The number of hydrogen-bond acceptors (Lipinski definition) is 0. The molecule has 0 saturated carbocycles. The highest BCUT2D eigenvalue weighted by Gasteiger charge is 2.39. The van der Waals surface area contributed by atoms with Crippen molar-refractivity contribution in [1.29, 1.82) is 0 Å². The van der Waals surface area contributed by atoms with E-state index in [0.717, 1.165) is 0 Å². The third-order valence-corrected chi connectivity index (χ3v) is 17.6. The maximum Gasteiger partial charge on any atom is -0.0119 e. The van der Waals surface area contributed by atoms with Crippen LogP contribution in [0.4, 0.5) is 0 Å². The molecule has 2 aromatic rings. The Bertz CT molecular complexity index is 1130. The van der Waals surface area contributed by atoms with E-state index < -0.39 is 15.2 Å². The molecule has 0 aliphatic heterocycles. The highest BCUT2D eigenvalue weighted by molar-refractivity contribution is 8.36. The first kappa shape index (κ1) is 41.5. The Balaban J connectivity index is 3.34. The Morgan fingerprint density at radius 3 is 0.739 bits per heavy atom. The molecule has 262 valence electrons. The lowest BCUT2D eigenvalue weighted by Gasteiger charge is -2.43. The van der Waals surface area contributed by atoms with Gasteiger partial charge in [0.05, 0.1) is 0 Å². The van der Waals surface area contributed by atoms with Gasteiger partial charge in [0.1, 0.15) is 0 Å². The molecule has 0 aliphatic rings. The molecule has 2 aromatic carbocycles. The number of unbranched alkanes of at least 4 members (excludes halogenated alkanes) is 2. The topological polar surface area (TPSA) is 0 Å². The molecule has 46 heavy (non-hydrogen) atoms. The fraction of sp³-hybridized carbons (Fsp3) is 0.727. The predicted molar refractivity (Wildman–Crippen MR) is 218 cm³/mol. The van der Waals surface area contributed by atoms with Crippen molar-refractivity contribution in [2.45, 2.75) is 197 Å². The summed E-state index contributed by atoms with van der Waals surface area (Å²) in [5.74, 6) is 0. The van der Waals surface area contributed by atoms with E-state index >= 15 is 0 Å². The van der Waals surface area contributed by atoms with Gasteiger partial charge < -0.3 is 0 Å². The van der Waals surface area contributed by atoms with E-state index in [1.54, 1.807) is 32.9 Å². The molecule has 0 aliphatic carbocycles. The van der Waals surface area contributed by atoms with E-state index in [0.29, 0.717) is 0 Å². The lowest BCUT2D eigenvalue weighted by atomic mass is 9.75. The Morgan fingerprint density at radius 1 is 0.370 bits per heavy atom. The summed E-state index contributed by atoms with van der Waals surface area (Å²) in [5.41, 5.74) is 10.00. The van der Waals surface area contributed by atoms with E-state index in [4.69, 9.17) is 0 Å². The van der Waals surface area contributed by atoms with Crippen molar-refractivity contribution in [3.8, 4) is 0 Å². The van der Waals surface area contributed by atoms with Crippen LogP contribution in [-0.2, 0) is 32.5 Å². The van der Waals surface area contributed by atoms with Crippen molar-refractivity contribution in [1.82, 2.24) is 0 Å². The summed E-state index contributed by atoms with van der Waals surface area (Å²) in [7, 11) is -0.862. The Hall–Kier alpha value is -0.700. The quantitative estimate of drug-likeness (QED) is 0.234. The van der Waals surface area contributed by atoms with Crippen LogP contribution in [0.2, 0.25) is 0 Å². The van der Waals surface area contributed by atoms with Gasteiger partial charge in [0.2, 0.25) is 0 Å². The van der Waals surface area contributed by atoms with Crippen molar-refractivity contribution in [2.24, 2.45) is 0 Å². The summed E-state index contributed by atoms with van der Waals surface area (Å²) < 4.78 is 0. The minimum absolute atomic E-state index is 0.0744. The molecule has 2 atom stereocenters. The second kappa shape index (κ2) is 14.6. The van der Waals surface area contributed by atoms with Gasteiger partial charge >= 0.3 is 0 Å². The van der Waals surface area contributed by atoms with Gasteiger partial charge in [-0.3, -0.25) is 0 Å². The molecule has 0 fully saturated rings.